The van der Waals surface area contributed by atoms with E-state index in [0.717, 1.165) is 42.1 Å². The van der Waals surface area contributed by atoms with Crippen LogP contribution in [0.3, 0.4) is 0 Å². The van der Waals surface area contributed by atoms with Crippen molar-refractivity contribution in [3.63, 3.8) is 0 Å². The third-order valence-corrected chi connectivity index (χ3v) is 7.78. The molecule has 184 valence electrons. The van der Waals surface area contributed by atoms with E-state index in [1.807, 2.05) is 47.9 Å². The van der Waals surface area contributed by atoms with E-state index in [1.54, 1.807) is 25.2 Å². The largest absolute Gasteiger partial charge is 0.496 e. The minimum absolute atomic E-state index is 0.133. The molecule has 1 saturated carbocycles. The summed E-state index contributed by atoms with van der Waals surface area (Å²) < 4.78 is 13.1. The lowest BCUT2D eigenvalue weighted by molar-refractivity contribution is -0.133. The molecule has 0 radical (unpaired) electrons. The lowest BCUT2D eigenvalue weighted by Crippen LogP contribution is -2.64. The van der Waals surface area contributed by atoms with Gasteiger partial charge in [0.25, 0.3) is 5.91 Å². The van der Waals surface area contributed by atoms with Gasteiger partial charge in [-0.3, -0.25) is 9.59 Å². The van der Waals surface area contributed by atoms with Gasteiger partial charge in [-0.15, -0.1) is 0 Å². The molecule has 1 N–H and O–H groups in total. The number of rotatable bonds is 6. The van der Waals surface area contributed by atoms with Gasteiger partial charge in [0.2, 0.25) is 5.91 Å². The Labute approximate surface area is 209 Å². The Morgan fingerprint density at radius 1 is 1.11 bits per heavy atom. The van der Waals surface area contributed by atoms with Gasteiger partial charge in [-0.1, -0.05) is 42.6 Å². The molecule has 0 unspecified atom stereocenters. The van der Waals surface area contributed by atoms with Crippen LogP contribution < -0.4 is 14.8 Å². The summed E-state index contributed by atoms with van der Waals surface area (Å²) in [7, 11) is 3.20. The third kappa shape index (κ3) is 3.92. The Morgan fingerprint density at radius 2 is 1.80 bits per heavy atom. The number of nitrogens with one attached hydrogen (secondary N) is 1. The molecule has 35 heavy (non-hydrogen) atoms. The third-order valence-electron chi connectivity index (χ3n) is 7.41. The predicted molar refractivity (Wildman–Crippen MR) is 135 cm³/mol. The summed E-state index contributed by atoms with van der Waals surface area (Å²) >= 11 is 6.47. The summed E-state index contributed by atoms with van der Waals surface area (Å²) in [5, 5.41) is 4.56. The fourth-order valence-corrected chi connectivity index (χ4v) is 5.61. The van der Waals surface area contributed by atoms with E-state index in [0.29, 0.717) is 22.2 Å². The number of amides is 2. The van der Waals surface area contributed by atoms with Crippen LogP contribution in [0.1, 0.15) is 48.7 Å². The molecular formula is C27H30ClN3O4. The molecule has 1 aromatic heterocycles. The van der Waals surface area contributed by atoms with Gasteiger partial charge in [0, 0.05) is 23.0 Å². The lowest BCUT2D eigenvalue weighted by Gasteiger charge is -2.44. The lowest BCUT2D eigenvalue weighted by atomic mass is 9.93. The maximum absolute atomic E-state index is 14.1. The van der Waals surface area contributed by atoms with Crippen molar-refractivity contribution in [2.24, 2.45) is 0 Å². The fourth-order valence-electron chi connectivity index (χ4n) is 5.41. The van der Waals surface area contributed by atoms with Crippen molar-refractivity contribution < 1.29 is 19.1 Å². The first-order valence-corrected chi connectivity index (χ1v) is 12.4. The minimum Gasteiger partial charge on any atom is -0.496 e. The van der Waals surface area contributed by atoms with Crippen molar-refractivity contribution in [2.75, 3.05) is 14.2 Å². The molecular weight excluding hydrogens is 466 g/mol. The Hall–Kier alpha value is -3.19. The van der Waals surface area contributed by atoms with Crippen LogP contribution >= 0.6 is 11.6 Å². The minimum atomic E-state index is -1.13. The van der Waals surface area contributed by atoms with E-state index in [2.05, 4.69) is 5.32 Å². The second-order valence-corrected chi connectivity index (χ2v) is 9.97. The van der Waals surface area contributed by atoms with E-state index in [9.17, 15) is 9.59 Å². The fraction of sp³-hybridized carbons (Fsp3) is 0.407. The van der Waals surface area contributed by atoms with Gasteiger partial charge in [0.05, 0.1) is 26.3 Å². The van der Waals surface area contributed by atoms with Gasteiger partial charge in [-0.2, -0.15) is 0 Å². The molecule has 0 bridgehead atoms. The van der Waals surface area contributed by atoms with Crippen LogP contribution in [0, 0.1) is 0 Å². The maximum Gasteiger partial charge on any atom is 0.271 e. The van der Waals surface area contributed by atoms with E-state index in [1.165, 1.54) is 0 Å². The number of methoxy groups -OCH3 is 2. The number of fused-ring (bicyclic) bond motifs is 3. The molecule has 2 aromatic carbocycles. The van der Waals surface area contributed by atoms with Gasteiger partial charge in [0.15, 0.2) is 0 Å². The number of benzene rings is 2. The molecule has 1 atom stereocenters. The van der Waals surface area contributed by atoms with E-state index < -0.39 is 5.54 Å². The molecule has 2 amide bonds. The molecule has 1 aliphatic carbocycles. The van der Waals surface area contributed by atoms with Crippen LogP contribution in [0.25, 0.3) is 10.9 Å². The molecule has 2 heterocycles. The number of nitrogens with zero attached hydrogens (tertiary/aromatic N) is 2. The van der Waals surface area contributed by atoms with Gasteiger partial charge < -0.3 is 24.3 Å². The van der Waals surface area contributed by atoms with Crippen molar-refractivity contribution in [3.8, 4) is 11.5 Å². The average molecular weight is 496 g/mol. The zero-order chi connectivity index (χ0) is 24.7. The van der Waals surface area contributed by atoms with Crippen LogP contribution in [-0.4, -0.2) is 47.1 Å². The van der Waals surface area contributed by atoms with E-state index in [4.69, 9.17) is 21.1 Å². The predicted octanol–water partition coefficient (Wildman–Crippen LogP) is 4.79. The average Bonchev–Trinajstić information content (AvgIpc) is 3.50. The second-order valence-electron chi connectivity index (χ2n) is 9.56. The number of carbonyl (C=O) groups is 2. The number of hydrogen-bond acceptors (Lipinski definition) is 4. The summed E-state index contributed by atoms with van der Waals surface area (Å²) in [6.07, 6.45) is 4.13. The SMILES string of the molecule is COc1ccc(OC)c2c1cc1n2C[C@@](C)(C(=O)NC2CCCC2)N(Cc2ccccc2Cl)C1=O. The Morgan fingerprint density at radius 3 is 2.49 bits per heavy atom. The van der Waals surface area contributed by atoms with Crippen molar-refractivity contribution in [1.29, 1.82) is 0 Å². The molecule has 1 aliphatic heterocycles. The smallest absolute Gasteiger partial charge is 0.271 e. The highest BCUT2D eigenvalue weighted by atomic mass is 35.5. The van der Waals surface area contributed by atoms with Gasteiger partial charge in [0.1, 0.15) is 22.7 Å². The maximum atomic E-state index is 14.1. The summed E-state index contributed by atoms with van der Waals surface area (Å²) in [6.45, 7) is 2.35. The van der Waals surface area contributed by atoms with Gasteiger partial charge in [-0.05, 0) is 49.6 Å². The highest BCUT2D eigenvalue weighted by Crippen LogP contribution is 2.41. The van der Waals surface area contributed by atoms with Gasteiger partial charge >= 0.3 is 0 Å². The molecule has 0 spiro atoms. The molecule has 0 saturated heterocycles. The molecule has 1 fully saturated rings. The van der Waals surface area contributed by atoms with Crippen LogP contribution in [-0.2, 0) is 17.9 Å². The number of halogens is 1. The van der Waals surface area contributed by atoms with Gasteiger partial charge in [-0.25, -0.2) is 0 Å². The molecule has 8 heteroatoms. The molecule has 5 rings (SSSR count). The monoisotopic (exact) mass is 495 g/mol. The Balaban J connectivity index is 1.65. The van der Waals surface area contributed by atoms with E-state index >= 15 is 0 Å². The van der Waals surface area contributed by atoms with Crippen LogP contribution in [0.5, 0.6) is 11.5 Å². The highest BCUT2D eigenvalue weighted by Gasteiger charge is 2.48. The van der Waals surface area contributed by atoms with Crippen molar-refractivity contribution in [2.45, 2.75) is 57.3 Å². The highest BCUT2D eigenvalue weighted by molar-refractivity contribution is 6.31. The Bertz CT molecular complexity index is 1300. The van der Waals surface area contributed by atoms with Crippen molar-refractivity contribution in [1.82, 2.24) is 14.8 Å². The first-order valence-electron chi connectivity index (χ1n) is 12.0. The summed E-state index contributed by atoms with van der Waals surface area (Å²) in [5.74, 6) is 0.878. The van der Waals surface area contributed by atoms with Crippen LogP contribution in [0.15, 0.2) is 42.5 Å². The number of ether oxygens (including phenoxy) is 2. The molecule has 2 aliphatic rings. The number of hydrogen-bond donors (Lipinski definition) is 1. The van der Waals surface area contributed by atoms with Crippen molar-refractivity contribution >= 4 is 34.3 Å². The van der Waals surface area contributed by atoms with E-state index in [-0.39, 0.29) is 30.9 Å². The first-order chi connectivity index (χ1) is 16.9. The van der Waals surface area contributed by atoms with Crippen LogP contribution in [0.4, 0.5) is 0 Å². The molecule has 3 aromatic rings. The van der Waals surface area contributed by atoms with Crippen molar-refractivity contribution in [3.05, 3.63) is 58.7 Å². The normalized spacial score (nSPS) is 20.2. The second kappa shape index (κ2) is 9.11. The first kappa shape index (κ1) is 23.5. The number of carbonyl (C=O) groups excluding carboxylic acids is 2. The summed E-state index contributed by atoms with van der Waals surface area (Å²) in [5.41, 5.74) is 0.891. The molecule has 7 nitrogen and oxygen atoms in total. The number of aromatic nitrogens is 1. The quantitative estimate of drug-likeness (QED) is 0.534. The standard InChI is InChI=1S/C27H30ClN3O4/c1-27(26(33)29-18-9-5-6-10-18)16-30-21(14-19-22(34-2)12-13-23(35-3)24(19)30)25(32)31(27)15-17-8-4-7-11-20(17)28/h4,7-8,11-14,18H,5-6,9-10,15-16H2,1-3H3,(H,29,33)/t27-/m0/s1. The Kier molecular flexibility index (Phi) is 6.13. The summed E-state index contributed by atoms with van der Waals surface area (Å²) in [4.78, 5) is 29.6. The zero-order valence-corrected chi connectivity index (χ0v) is 21.0. The van der Waals surface area contributed by atoms with Crippen LogP contribution in [0.2, 0.25) is 5.02 Å². The summed E-state index contributed by atoms with van der Waals surface area (Å²) in [6, 6.07) is 13.0. The zero-order valence-electron chi connectivity index (χ0n) is 20.3. The topological polar surface area (TPSA) is 72.8 Å².